The van der Waals surface area contributed by atoms with Crippen LogP contribution >= 0.6 is 0 Å². The first kappa shape index (κ1) is 13.4. The lowest BCUT2D eigenvalue weighted by Crippen LogP contribution is -2.34. The third-order valence-corrected chi connectivity index (χ3v) is 3.45. The Hall–Kier alpha value is -1.00. The number of halogens is 2. The molecule has 1 fully saturated rings. The molecule has 0 spiro atoms. The lowest BCUT2D eigenvalue weighted by Gasteiger charge is -2.28. The molecule has 1 aliphatic rings. The van der Waals surface area contributed by atoms with Crippen molar-refractivity contribution in [2.45, 2.75) is 32.4 Å². The fourth-order valence-corrected chi connectivity index (χ4v) is 2.73. The minimum atomic E-state index is -0.795. The van der Waals surface area contributed by atoms with Crippen LogP contribution in [0, 0.1) is 17.6 Å². The van der Waals surface area contributed by atoms with E-state index in [1.165, 1.54) is 0 Å². The zero-order valence-corrected chi connectivity index (χ0v) is 10.9. The van der Waals surface area contributed by atoms with Gasteiger partial charge in [-0.25, -0.2) is 8.78 Å². The molecule has 2 atom stereocenters. The van der Waals surface area contributed by atoms with E-state index in [2.05, 4.69) is 18.7 Å². The van der Waals surface area contributed by atoms with Gasteiger partial charge in [0.15, 0.2) is 11.6 Å². The van der Waals surface area contributed by atoms with Gasteiger partial charge in [-0.2, -0.15) is 0 Å². The SMILES string of the molecule is CC(C)CN1CCC(N)C1c1cccc(F)c1F. The van der Waals surface area contributed by atoms with E-state index in [4.69, 9.17) is 5.73 Å². The number of hydrogen-bond donors (Lipinski definition) is 1. The monoisotopic (exact) mass is 254 g/mol. The molecule has 4 heteroatoms. The normalized spacial score (nSPS) is 25.0. The minimum absolute atomic E-state index is 0.125. The number of nitrogens with zero attached hydrogens (tertiary/aromatic N) is 1. The van der Waals surface area contributed by atoms with Crippen LogP contribution in [0.15, 0.2) is 18.2 Å². The van der Waals surface area contributed by atoms with Gasteiger partial charge < -0.3 is 5.73 Å². The van der Waals surface area contributed by atoms with Crippen molar-refractivity contribution in [3.8, 4) is 0 Å². The molecule has 1 saturated heterocycles. The van der Waals surface area contributed by atoms with Crippen LogP contribution in [0.4, 0.5) is 8.78 Å². The summed E-state index contributed by atoms with van der Waals surface area (Å²) in [4.78, 5) is 2.16. The van der Waals surface area contributed by atoms with Gasteiger partial charge in [0.25, 0.3) is 0 Å². The number of hydrogen-bond acceptors (Lipinski definition) is 2. The molecule has 0 amide bonds. The first-order valence-electron chi connectivity index (χ1n) is 6.44. The highest BCUT2D eigenvalue weighted by Crippen LogP contribution is 2.33. The molecule has 2 N–H and O–H groups in total. The van der Waals surface area contributed by atoms with Gasteiger partial charge in [0.05, 0.1) is 6.04 Å². The summed E-state index contributed by atoms with van der Waals surface area (Å²) in [5.41, 5.74) is 6.45. The Labute approximate surface area is 107 Å². The summed E-state index contributed by atoms with van der Waals surface area (Å²) in [5, 5.41) is 0. The van der Waals surface area contributed by atoms with Crippen molar-refractivity contribution < 1.29 is 8.78 Å². The summed E-state index contributed by atoms with van der Waals surface area (Å²) in [7, 11) is 0. The Morgan fingerprint density at radius 3 is 2.78 bits per heavy atom. The molecule has 2 rings (SSSR count). The standard InChI is InChI=1S/C14H20F2N2/c1-9(2)8-18-7-6-12(17)14(18)10-4-3-5-11(15)13(10)16/h3-5,9,12,14H,6-8,17H2,1-2H3. The molecule has 1 heterocycles. The van der Waals surface area contributed by atoms with Crippen molar-refractivity contribution in [2.24, 2.45) is 11.7 Å². The highest BCUT2D eigenvalue weighted by atomic mass is 19.2. The van der Waals surface area contributed by atoms with Crippen molar-refractivity contribution >= 4 is 0 Å². The Bertz CT molecular complexity index is 420. The first-order chi connectivity index (χ1) is 8.50. The number of likely N-dealkylation sites (tertiary alicyclic amines) is 1. The molecule has 2 unspecified atom stereocenters. The molecule has 100 valence electrons. The highest BCUT2D eigenvalue weighted by Gasteiger charge is 2.35. The second kappa shape index (κ2) is 5.33. The predicted octanol–water partition coefficient (Wildman–Crippen LogP) is 2.69. The second-order valence-corrected chi connectivity index (χ2v) is 5.43. The summed E-state index contributed by atoms with van der Waals surface area (Å²) in [6, 6.07) is 4.00. The van der Waals surface area contributed by atoms with E-state index in [0.29, 0.717) is 11.5 Å². The van der Waals surface area contributed by atoms with Crippen LogP contribution < -0.4 is 5.73 Å². The van der Waals surface area contributed by atoms with Crippen LogP contribution in [0.2, 0.25) is 0 Å². The first-order valence-corrected chi connectivity index (χ1v) is 6.44. The van der Waals surface area contributed by atoms with Gasteiger partial charge in [-0.1, -0.05) is 26.0 Å². The third kappa shape index (κ3) is 2.54. The Kier molecular flexibility index (Phi) is 3.97. The molecule has 0 saturated carbocycles. The fourth-order valence-electron chi connectivity index (χ4n) is 2.73. The average molecular weight is 254 g/mol. The maximum Gasteiger partial charge on any atom is 0.163 e. The van der Waals surface area contributed by atoms with Crippen molar-refractivity contribution in [3.05, 3.63) is 35.4 Å². The Morgan fingerprint density at radius 1 is 1.39 bits per heavy atom. The largest absolute Gasteiger partial charge is 0.326 e. The van der Waals surface area contributed by atoms with Crippen molar-refractivity contribution in [2.75, 3.05) is 13.1 Å². The van der Waals surface area contributed by atoms with E-state index >= 15 is 0 Å². The average Bonchev–Trinajstić information content (AvgIpc) is 2.63. The molecule has 1 aromatic carbocycles. The third-order valence-electron chi connectivity index (χ3n) is 3.45. The van der Waals surface area contributed by atoms with E-state index in [1.54, 1.807) is 12.1 Å². The van der Waals surface area contributed by atoms with E-state index < -0.39 is 11.6 Å². The maximum atomic E-state index is 13.9. The van der Waals surface area contributed by atoms with Gasteiger partial charge in [-0.15, -0.1) is 0 Å². The van der Waals surface area contributed by atoms with Gasteiger partial charge in [0.1, 0.15) is 0 Å². The van der Waals surface area contributed by atoms with Crippen LogP contribution in [0.3, 0.4) is 0 Å². The smallest absolute Gasteiger partial charge is 0.163 e. The molecule has 1 aliphatic heterocycles. The zero-order valence-electron chi connectivity index (χ0n) is 10.9. The molecule has 0 radical (unpaired) electrons. The van der Waals surface area contributed by atoms with Crippen molar-refractivity contribution in [1.82, 2.24) is 4.90 Å². The molecule has 0 bridgehead atoms. The van der Waals surface area contributed by atoms with Gasteiger partial charge in [-0.3, -0.25) is 4.90 Å². The number of rotatable bonds is 3. The van der Waals surface area contributed by atoms with Gasteiger partial charge in [0, 0.05) is 24.7 Å². The molecular weight excluding hydrogens is 234 g/mol. The van der Waals surface area contributed by atoms with E-state index in [0.717, 1.165) is 25.6 Å². The maximum absolute atomic E-state index is 13.9. The lowest BCUT2D eigenvalue weighted by molar-refractivity contribution is 0.216. The molecule has 1 aromatic rings. The van der Waals surface area contributed by atoms with Crippen LogP contribution in [0.5, 0.6) is 0 Å². The summed E-state index contributed by atoms with van der Waals surface area (Å²) < 4.78 is 27.2. The van der Waals surface area contributed by atoms with Gasteiger partial charge in [0.2, 0.25) is 0 Å². The number of nitrogens with two attached hydrogens (primary N) is 1. The highest BCUT2D eigenvalue weighted by molar-refractivity contribution is 5.25. The summed E-state index contributed by atoms with van der Waals surface area (Å²) in [5.74, 6) is -1.07. The van der Waals surface area contributed by atoms with Gasteiger partial charge in [-0.05, 0) is 18.4 Å². The zero-order chi connectivity index (χ0) is 13.3. The number of benzene rings is 1. The fraction of sp³-hybridized carbons (Fsp3) is 0.571. The van der Waals surface area contributed by atoms with Crippen molar-refractivity contribution in [3.63, 3.8) is 0 Å². The molecule has 0 aromatic heterocycles. The second-order valence-electron chi connectivity index (χ2n) is 5.43. The predicted molar refractivity (Wildman–Crippen MR) is 68.1 cm³/mol. The minimum Gasteiger partial charge on any atom is -0.326 e. The quantitative estimate of drug-likeness (QED) is 0.898. The molecule has 18 heavy (non-hydrogen) atoms. The Balaban J connectivity index is 2.31. The van der Waals surface area contributed by atoms with Crippen LogP contribution in [-0.2, 0) is 0 Å². The van der Waals surface area contributed by atoms with Crippen molar-refractivity contribution in [1.29, 1.82) is 0 Å². The summed E-state index contributed by atoms with van der Waals surface area (Å²) in [6.07, 6.45) is 0.827. The molecule has 2 nitrogen and oxygen atoms in total. The van der Waals surface area contributed by atoms with Gasteiger partial charge >= 0.3 is 0 Å². The molecule has 0 aliphatic carbocycles. The lowest BCUT2D eigenvalue weighted by atomic mass is 9.99. The van der Waals surface area contributed by atoms with E-state index in [-0.39, 0.29) is 12.1 Å². The summed E-state index contributed by atoms with van der Waals surface area (Å²) in [6.45, 7) is 5.93. The van der Waals surface area contributed by atoms with Crippen LogP contribution in [-0.4, -0.2) is 24.0 Å². The van der Waals surface area contributed by atoms with Crippen LogP contribution in [0.1, 0.15) is 31.9 Å². The van der Waals surface area contributed by atoms with E-state index in [9.17, 15) is 8.78 Å². The van der Waals surface area contributed by atoms with E-state index in [1.807, 2.05) is 0 Å². The topological polar surface area (TPSA) is 29.3 Å². The molecular formula is C14H20F2N2. The van der Waals surface area contributed by atoms with Crippen LogP contribution in [0.25, 0.3) is 0 Å². The Morgan fingerprint density at radius 2 is 2.11 bits per heavy atom. The summed E-state index contributed by atoms with van der Waals surface area (Å²) >= 11 is 0.